The second-order valence-corrected chi connectivity index (χ2v) is 15.2. The van der Waals surface area contributed by atoms with Crippen molar-refractivity contribution in [1.82, 2.24) is 15.1 Å². The summed E-state index contributed by atoms with van der Waals surface area (Å²) in [7, 11) is 0. The van der Waals surface area contributed by atoms with E-state index in [2.05, 4.69) is 49.2 Å². The van der Waals surface area contributed by atoms with Crippen molar-refractivity contribution in [2.45, 2.75) is 147 Å². The number of hydrogen-bond donors (Lipinski definition) is 1. The van der Waals surface area contributed by atoms with Crippen LogP contribution in [-0.4, -0.2) is 90.1 Å². The topological polar surface area (TPSA) is 83.6 Å². The Morgan fingerprint density at radius 2 is 1.67 bits per heavy atom. The molecule has 3 atom stereocenters. The number of nitrogens with one attached hydrogen (secondary N) is 1. The van der Waals surface area contributed by atoms with Gasteiger partial charge in [0.1, 0.15) is 6.10 Å². The Labute approximate surface area is 272 Å². The molecule has 5 rings (SSSR count). The number of rotatable bonds is 9. The maximum absolute atomic E-state index is 12.7. The van der Waals surface area contributed by atoms with Gasteiger partial charge >= 0.3 is 6.09 Å². The van der Waals surface area contributed by atoms with E-state index in [0.29, 0.717) is 25.0 Å². The van der Waals surface area contributed by atoms with Gasteiger partial charge in [-0.1, -0.05) is 49.5 Å². The molecule has 0 bridgehead atoms. The van der Waals surface area contributed by atoms with Gasteiger partial charge in [-0.05, 0) is 84.6 Å². The summed E-state index contributed by atoms with van der Waals surface area (Å²) >= 11 is 0. The maximum Gasteiger partial charge on any atom is 0.410 e. The Morgan fingerprint density at radius 1 is 0.978 bits per heavy atom. The summed E-state index contributed by atoms with van der Waals surface area (Å²) < 4.78 is 17.7. The monoisotopic (exact) mass is 625 g/mol. The lowest BCUT2D eigenvalue weighted by Crippen LogP contribution is -2.52. The van der Waals surface area contributed by atoms with E-state index in [4.69, 9.17) is 14.2 Å². The van der Waals surface area contributed by atoms with Crippen LogP contribution in [0.3, 0.4) is 0 Å². The van der Waals surface area contributed by atoms with Crippen molar-refractivity contribution in [1.29, 1.82) is 0 Å². The SMILES string of the molecule is CC(/C=C/[C@@H]1C[C@]2(CO2)CC(C)(C)O1)=C\C[C@H]1CC[C@@H](NC(=O)/C=C\[C@H](C)OC(=O)N2CCN(C3CCCCCC3)CC2)CC1. The predicted molar refractivity (Wildman–Crippen MR) is 178 cm³/mol. The third-order valence-corrected chi connectivity index (χ3v) is 10.6. The molecule has 0 aromatic carbocycles. The zero-order valence-electron chi connectivity index (χ0n) is 28.4. The predicted octanol–water partition coefficient (Wildman–Crippen LogP) is 6.70. The molecule has 1 N–H and O–H groups in total. The number of allylic oxidation sites excluding steroid dienone is 3. The Bertz CT molecular complexity index is 1070. The molecule has 3 aliphatic heterocycles. The molecule has 2 amide bonds. The Kier molecular flexibility index (Phi) is 11.9. The van der Waals surface area contributed by atoms with Crippen LogP contribution in [0, 0.1) is 5.92 Å². The molecule has 5 aliphatic rings. The first kappa shape index (κ1) is 34.2. The van der Waals surface area contributed by atoms with Gasteiger partial charge < -0.3 is 24.4 Å². The quantitative estimate of drug-likeness (QED) is 0.133. The molecule has 0 aromatic rings. The highest BCUT2D eigenvalue weighted by Gasteiger charge is 2.53. The minimum atomic E-state index is -0.442. The summed E-state index contributed by atoms with van der Waals surface area (Å²) in [6.45, 7) is 12.4. The van der Waals surface area contributed by atoms with Crippen LogP contribution in [-0.2, 0) is 19.0 Å². The van der Waals surface area contributed by atoms with Crippen molar-refractivity contribution in [2.75, 3.05) is 32.8 Å². The second-order valence-electron chi connectivity index (χ2n) is 15.2. The van der Waals surface area contributed by atoms with Crippen LogP contribution in [0.25, 0.3) is 0 Å². The zero-order chi connectivity index (χ0) is 31.9. The number of nitrogens with zero attached hydrogens (tertiary/aromatic N) is 2. The highest BCUT2D eigenvalue weighted by molar-refractivity contribution is 5.87. The highest BCUT2D eigenvalue weighted by Crippen LogP contribution is 2.46. The van der Waals surface area contributed by atoms with Crippen molar-refractivity contribution < 1.29 is 23.8 Å². The summed E-state index contributed by atoms with van der Waals surface area (Å²) in [4.78, 5) is 29.7. The Hall–Kier alpha value is -2.16. The first-order valence-electron chi connectivity index (χ1n) is 17.9. The molecule has 8 nitrogen and oxygen atoms in total. The average Bonchev–Trinajstić information content (AvgIpc) is 3.80. The zero-order valence-corrected chi connectivity index (χ0v) is 28.4. The normalized spacial score (nSPS) is 32.5. The number of piperazine rings is 1. The van der Waals surface area contributed by atoms with Gasteiger partial charge in [0.25, 0.3) is 0 Å². The van der Waals surface area contributed by atoms with Gasteiger partial charge in [-0.25, -0.2) is 4.79 Å². The first-order valence-corrected chi connectivity index (χ1v) is 17.9. The van der Waals surface area contributed by atoms with E-state index in [9.17, 15) is 9.59 Å². The molecule has 0 aromatic heterocycles. The lowest BCUT2D eigenvalue weighted by Gasteiger charge is -2.38. The third-order valence-electron chi connectivity index (χ3n) is 10.6. The molecule has 3 heterocycles. The maximum atomic E-state index is 12.7. The largest absolute Gasteiger partial charge is 0.442 e. The van der Waals surface area contributed by atoms with E-state index in [0.717, 1.165) is 64.6 Å². The lowest BCUT2D eigenvalue weighted by atomic mass is 9.83. The van der Waals surface area contributed by atoms with Crippen LogP contribution in [0.5, 0.6) is 0 Å². The highest BCUT2D eigenvalue weighted by atomic mass is 16.6. The fourth-order valence-corrected chi connectivity index (χ4v) is 8.00. The van der Waals surface area contributed by atoms with Crippen molar-refractivity contribution in [2.24, 2.45) is 5.92 Å². The molecule has 1 spiro atoms. The Morgan fingerprint density at radius 3 is 2.33 bits per heavy atom. The minimum Gasteiger partial charge on any atom is -0.442 e. The molecule has 5 fully saturated rings. The van der Waals surface area contributed by atoms with Crippen LogP contribution >= 0.6 is 0 Å². The van der Waals surface area contributed by atoms with Gasteiger partial charge in [0.15, 0.2) is 0 Å². The van der Waals surface area contributed by atoms with Crippen molar-refractivity contribution in [3.8, 4) is 0 Å². The standard InChI is InChI=1S/C37H59N3O5/c1-28(12-19-33-25-37(27-43-37)26-36(3,4)45-33)11-14-30-15-17-31(18-16-30)38-34(41)20-13-29(2)44-35(42)40-23-21-39(22-24-40)32-9-7-5-6-8-10-32/h11-13,19-20,29-33H,5-10,14-18,21-27H2,1-4H3,(H,38,41)/b19-12+,20-13-,28-11+/t29-,30-,31+,33+,37+/m0/s1. The van der Waals surface area contributed by atoms with Crippen molar-refractivity contribution in [3.05, 3.63) is 36.0 Å². The van der Waals surface area contributed by atoms with Crippen molar-refractivity contribution in [3.63, 3.8) is 0 Å². The summed E-state index contributed by atoms with van der Waals surface area (Å²) in [5.41, 5.74) is 1.19. The fourth-order valence-electron chi connectivity index (χ4n) is 8.00. The van der Waals surface area contributed by atoms with E-state index >= 15 is 0 Å². The van der Waals surface area contributed by atoms with Gasteiger partial charge in [0.05, 0.1) is 23.9 Å². The molecule has 0 unspecified atom stereocenters. The van der Waals surface area contributed by atoms with E-state index in [1.54, 1.807) is 6.08 Å². The number of ether oxygens (including phenoxy) is 3. The molecular formula is C37H59N3O5. The number of hydrogen-bond acceptors (Lipinski definition) is 6. The van der Waals surface area contributed by atoms with Crippen LogP contribution in [0.1, 0.15) is 111 Å². The molecule has 252 valence electrons. The van der Waals surface area contributed by atoms with Crippen LogP contribution in [0.15, 0.2) is 36.0 Å². The van der Waals surface area contributed by atoms with Crippen LogP contribution < -0.4 is 5.32 Å². The van der Waals surface area contributed by atoms with E-state index in [1.165, 1.54) is 50.2 Å². The summed E-state index contributed by atoms with van der Waals surface area (Å²) in [5.74, 6) is 0.546. The molecular weight excluding hydrogens is 566 g/mol. The van der Waals surface area contributed by atoms with E-state index in [1.807, 2.05) is 11.8 Å². The summed E-state index contributed by atoms with van der Waals surface area (Å²) in [6, 6.07) is 0.880. The Balaban J connectivity index is 0.948. The van der Waals surface area contributed by atoms with Crippen molar-refractivity contribution >= 4 is 12.0 Å². The number of carbonyl (C=O) groups is 2. The van der Waals surface area contributed by atoms with Gasteiger partial charge in [-0.15, -0.1) is 0 Å². The second kappa shape index (κ2) is 15.6. The molecule has 0 radical (unpaired) electrons. The smallest absolute Gasteiger partial charge is 0.410 e. The van der Waals surface area contributed by atoms with E-state index < -0.39 is 6.10 Å². The van der Waals surface area contributed by atoms with Crippen LogP contribution in [0.4, 0.5) is 4.79 Å². The van der Waals surface area contributed by atoms with Crippen LogP contribution in [0.2, 0.25) is 0 Å². The third kappa shape index (κ3) is 10.7. The number of epoxide rings is 1. The van der Waals surface area contributed by atoms with Gasteiger partial charge in [-0.3, -0.25) is 9.69 Å². The average molecular weight is 626 g/mol. The molecule has 45 heavy (non-hydrogen) atoms. The molecule has 8 heteroatoms. The lowest BCUT2D eigenvalue weighted by molar-refractivity contribution is -0.117. The van der Waals surface area contributed by atoms with E-state index in [-0.39, 0.29) is 35.3 Å². The minimum absolute atomic E-state index is 0.0484. The fraction of sp³-hybridized carbons (Fsp3) is 0.784. The first-order chi connectivity index (χ1) is 21.6. The number of carbonyl (C=O) groups excluding carboxylic acids is 2. The summed E-state index contributed by atoms with van der Waals surface area (Å²) in [5, 5.41) is 3.16. The van der Waals surface area contributed by atoms with Gasteiger partial charge in [0.2, 0.25) is 5.91 Å². The van der Waals surface area contributed by atoms with Gasteiger partial charge in [-0.2, -0.15) is 0 Å². The molecule has 2 aliphatic carbocycles. The summed E-state index contributed by atoms with van der Waals surface area (Å²) in [6.07, 6.45) is 24.5. The number of amides is 2. The molecule has 2 saturated carbocycles. The molecule has 3 saturated heterocycles. The van der Waals surface area contributed by atoms with Gasteiger partial charge in [0, 0.05) is 57.2 Å².